The molecular weight excluding hydrogens is 316 g/mol. The second kappa shape index (κ2) is 6.57. The van der Waals surface area contributed by atoms with E-state index < -0.39 is 0 Å². The van der Waals surface area contributed by atoms with Crippen LogP contribution in [0, 0.1) is 30.6 Å². The number of hydrogen-bond acceptors (Lipinski definition) is 2. The van der Waals surface area contributed by atoms with E-state index in [-0.39, 0.29) is 5.41 Å². The van der Waals surface area contributed by atoms with Gasteiger partial charge in [-0.1, -0.05) is 48.2 Å². The molecule has 0 unspecified atom stereocenters. The van der Waals surface area contributed by atoms with Crippen molar-refractivity contribution >= 4 is 10.9 Å². The molecule has 3 aromatic rings. The fraction of sp³-hybridized carbons (Fsp3) is 0.333. The van der Waals surface area contributed by atoms with Crippen molar-refractivity contribution in [1.82, 2.24) is 4.98 Å². The second-order valence-electron chi connectivity index (χ2n) is 7.88. The summed E-state index contributed by atoms with van der Waals surface area (Å²) in [4.78, 5) is 4.93. The van der Waals surface area contributed by atoms with Crippen LogP contribution in [0.4, 0.5) is 0 Å². The summed E-state index contributed by atoms with van der Waals surface area (Å²) in [5.41, 5.74) is 6.77. The summed E-state index contributed by atoms with van der Waals surface area (Å²) in [6.45, 7) is 4.25. The topological polar surface area (TPSA) is 36.7 Å². The van der Waals surface area contributed by atoms with E-state index in [4.69, 9.17) is 4.98 Å². The monoisotopic (exact) mass is 340 g/mol. The Hall–Kier alpha value is -2.66. The largest absolute Gasteiger partial charge is 0.248 e. The van der Waals surface area contributed by atoms with Crippen molar-refractivity contribution in [3.8, 4) is 17.3 Å². The maximum absolute atomic E-state index is 9.67. The third kappa shape index (κ3) is 3.22. The molecule has 0 amide bonds. The van der Waals surface area contributed by atoms with Crippen LogP contribution in [0.3, 0.4) is 0 Å². The summed E-state index contributed by atoms with van der Waals surface area (Å²) < 4.78 is 0. The Bertz CT molecular complexity index is 984. The van der Waals surface area contributed by atoms with Crippen molar-refractivity contribution in [1.29, 1.82) is 5.26 Å². The highest BCUT2D eigenvalue weighted by molar-refractivity contribution is 5.82. The van der Waals surface area contributed by atoms with Gasteiger partial charge in [0.05, 0.1) is 22.7 Å². The molecule has 130 valence electrons. The average molecular weight is 340 g/mol. The van der Waals surface area contributed by atoms with Gasteiger partial charge in [-0.15, -0.1) is 0 Å². The third-order valence-electron chi connectivity index (χ3n) is 5.61. The van der Waals surface area contributed by atoms with Gasteiger partial charge in [0, 0.05) is 10.9 Å². The maximum atomic E-state index is 9.67. The van der Waals surface area contributed by atoms with Crippen LogP contribution in [0.15, 0.2) is 48.5 Å². The van der Waals surface area contributed by atoms with Gasteiger partial charge < -0.3 is 0 Å². The zero-order valence-electron chi connectivity index (χ0n) is 15.5. The zero-order valence-corrected chi connectivity index (χ0v) is 15.5. The van der Waals surface area contributed by atoms with E-state index in [1.165, 1.54) is 35.1 Å². The molecule has 2 heteroatoms. The number of benzene rings is 2. The molecule has 1 aliphatic rings. The van der Waals surface area contributed by atoms with Gasteiger partial charge in [0.2, 0.25) is 0 Å². The molecule has 0 atom stereocenters. The Morgan fingerprint density at radius 1 is 0.962 bits per heavy atom. The number of rotatable bonds is 3. The first-order valence-corrected chi connectivity index (χ1v) is 9.47. The molecule has 1 fully saturated rings. The molecule has 0 N–H and O–H groups in total. The van der Waals surface area contributed by atoms with Crippen molar-refractivity contribution in [3.63, 3.8) is 0 Å². The van der Waals surface area contributed by atoms with E-state index in [0.29, 0.717) is 0 Å². The number of nitriles is 1. The normalized spacial score (nSPS) is 15.9. The first kappa shape index (κ1) is 16.8. The Morgan fingerprint density at radius 3 is 2.35 bits per heavy atom. The number of hydrogen-bond donors (Lipinski definition) is 0. The summed E-state index contributed by atoms with van der Waals surface area (Å²) >= 11 is 0. The summed E-state index contributed by atoms with van der Waals surface area (Å²) in [6, 6.07) is 19.9. The quantitative estimate of drug-likeness (QED) is 0.574. The molecular formula is C24H24N2. The molecule has 1 aliphatic carbocycles. The predicted molar refractivity (Wildman–Crippen MR) is 107 cm³/mol. The molecule has 26 heavy (non-hydrogen) atoms. The number of fused-ring (bicyclic) bond motifs is 1. The van der Waals surface area contributed by atoms with Gasteiger partial charge in [-0.05, 0) is 62.9 Å². The summed E-state index contributed by atoms with van der Waals surface area (Å²) in [7, 11) is 0. The molecule has 0 radical (unpaired) electrons. The highest BCUT2D eigenvalue weighted by Gasteiger charge is 2.33. The number of pyridine rings is 1. The number of aryl methyl sites for hydroxylation is 2. The van der Waals surface area contributed by atoms with E-state index in [9.17, 15) is 5.26 Å². The van der Waals surface area contributed by atoms with Gasteiger partial charge in [0.25, 0.3) is 0 Å². The molecule has 0 saturated heterocycles. The van der Waals surface area contributed by atoms with Crippen LogP contribution < -0.4 is 0 Å². The first-order chi connectivity index (χ1) is 12.6. The van der Waals surface area contributed by atoms with Crippen molar-refractivity contribution in [3.05, 3.63) is 65.2 Å². The Morgan fingerprint density at radius 2 is 1.65 bits per heavy atom. The molecule has 4 rings (SSSR count). The smallest absolute Gasteiger partial charge is 0.0712 e. The van der Waals surface area contributed by atoms with Crippen LogP contribution in [-0.4, -0.2) is 4.98 Å². The van der Waals surface area contributed by atoms with E-state index in [2.05, 4.69) is 68.4 Å². The molecule has 0 aliphatic heterocycles. The minimum absolute atomic E-state index is 0.168. The van der Waals surface area contributed by atoms with E-state index in [1.54, 1.807) is 0 Å². The third-order valence-corrected chi connectivity index (χ3v) is 5.61. The Balaban J connectivity index is 1.72. The fourth-order valence-electron chi connectivity index (χ4n) is 4.33. The minimum Gasteiger partial charge on any atom is -0.248 e. The molecule has 1 saturated carbocycles. The van der Waals surface area contributed by atoms with Gasteiger partial charge in [-0.25, -0.2) is 4.98 Å². The van der Waals surface area contributed by atoms with Gasteiger partial charge in [0.1, 0.15) is 0 Å². The van der Waals surface area contributed by atoms with Crippen molar-refractivity contribution in [2.45, 2.75) is 46.0 Å². The highest BCUT2D eigenvalue weighted by atomic mass is 14.7. The second-order valence-corrected chi connectivity index (χ2v) is 7.88. The maximum Gasteiger partial charge on any atom is 0.0712 e. The molecule has 0 spiro atoms. The van der Waals surface area contributed by atoms with Crippen LogP contribution in [0.25, 0.3) is 22.2 Å². The Kier molecular flexibility index (Phi) is 4.24. The lowest BCUT2D eigenvalue weighted by Crippen LogP contribution is -2.16. The molecule has 2 nitrogen and oxygen atoms in total. The standard InChI is InChI=1S/C24H24N2/c1-17-11-18(2)13-21(12-17)22-8-7-20-6-5-19(14-23(20)26-22)15-24(16-25)9-3-4-10-24/h5-8,11-14H,3-4,9-10,15H2,1-2H3. The molecule has 2 aromatic carbocycles. The number of nitrogens with zero attached hydrogens (tertiary/aromatic N) is 2. The van der Waals surface area contributed by atoms with Crippen molar-refractivity contribution in [2.75, 3.05) is 0 Å². The van der Waals surface area contributed by atoms with Crippen molar-refractivity contribution < 1.29 is 0 Å². The van der Waals surface area contributed by atoms with Crippen molar-refractivity contribution in [2.24, 2.45) is 5.41 Å². The van der Waals surface area contributed by atoms with Crippen LogP contribution in [-0.2, 0) is 6.42 Å². The lowest BCUT2D eigenvalue weighted by atomic mass is 9.81. The summed E-state index contributed by atoms with van der Waals surface area (Å²) in [5, 5.41) is 10.8. The summed E-state index contributed by atoms with van der Waals surface area (Å²) in [6.07, 6.45) is 5.25. The minimum atomic E-state index is -0.168. The van der Waals surface area contributed by atoms with Crippen LogP contribution >= 0.6 is 0 Å². The van der Waals surface area contributed by atoms with Crippen LogP contribution in [0.2, 0.25) is 0 Å². The Labute approximate surface area is 155 Å². The van der Waals surface area contributed by atoms with E-state index >= 15 is 0 Å². The molecule has 1 aromatic heterocycles. The molecule has 1 heterocycles. The van der Waals surface area contributed by atoms with Gasteiger partial charge in [0.15, 0.2) is 0 Å². The van der Waals surface area contributed by atoms with Gasteiger partial charge in [-0.3, -0.25) is 0 Å². The average Bonchev–Trinajstić information content (AvgIpc) is 3.09. The highest BCUT2D eigenvalue weighted by Crippen LogP contribution is 2.40. The van der Waals surface area contributed by atoms with E-state index in [0.717, 1.165) is 35.9 Å². The first-order valence-electron chi connectivity index (χ1n) is 9.47. The zero-order chi connectivity index (χ0) is 18.1. The van der Waals surface area contributed by atoms with Gasteiger partial charge >= 0.3 is 0 Å². The summed E-state index contributed by atoms with van der Waals surface area (Å²) in [5.74, 6) is 0. The van der Waals surface area contributed by atoms with E-state index in [1.807, 2.05) is 0 Å². The predicted octanol–water partition coefficient (Wildman–Crippen LogP) is 6.15. The fourth-order valence-corrected chi connectivity index (χ4v) is 4.33. The van der Waals surface area contributed by atoms with Gasteiger partial charge in [-0.2, -0.15) is 5.26 Å². The SMILES string of the molecule is Cc1cc(C)cc(-c2ccc3ccc(CC4(C#N)CCCC4)cc3n2)c1. The lowest BCUT2D eigenvalue weighted by Gasteiger charge is -2.20. The number of aromatic nitrogens is 1. The van der Waals surface area contributed by atoms with Crippen LogP contribution in [0.5, 0.6) is 0 Å². The lowest BCUT2D eigenvalue weighted by molar-refractivity contribution is 0.408. The van der Waals surface area contributed by atoms with Crippen LogP contribution in [0.1, 0.15) is 42.4 Å². The molecule has 0 bridgehead atoms.